The third kappa shape index (κ3) is 4.38. The minimum absolute atomic E-state index is 0.191. The molecule has 146 valence electrons. The summed E-state index contributed by atoms with van der Waals surface area (Å²) in [5.41, 5.74) is 4.37. The zero-order valence-corrected chi connectivity index (χ0v) is 16.1. The summed E-state index contributed by atoms with van der Waals surface area (Å²) in [5, 5.41) is 7.40. The van der Waals surface area contributed by atoms with Crippen molar-refractivity contribution in [2.75, 3.05) is 19.0 Å². The highest BCUT2D eigenvalue weighted by Crippen LogP contribution is 2.20. The Labute approximate surface area is 168 Å². The van der Waals surface area contributed by atoms with Gasteiger partial charge in [-0.1, -0.05) is 18.2 Å². The highest BCUT2D eigenvalue weighted by Gasteiger charge is 2.09. The van der Waals surface area contributed by atoms with Crippen molar-refractivity contribution in [3.8, 4) is 5.75 Å². The fraction of sp³-hybridized carbons (Fsp3) is 0.130. The van der Waals surface area contributed by atoms with Crippen LogP contribution in [0.5, 0.6) is 5.75 Å². The maximum atomic E-state index is 12.5. The molecule has 4 rings (SSSR count). The van der Waals surface area contributed by atoms with Crippen molar-refractivity contribution in [1.82, 2.24) is 15.3 Å². The van der Waals surface area contributed by atoms with Crippen molar-refractivity contribution in [1.29, 1.82) is 0 Å². The van der Waals surface area contributed by atoms with E-state index >= 15 is 0 Å². The maximum absolute atomic E-state index is 12.5. The molecule has 0 saturated carbocycles. The van der Waals surface area contributed by atoms with Crippen molar-refractivity contribution in [3.63, 3.8) is 0 Å². The number of nitrogens with one attached hydrogen (secondary N) is 3. The van der Waals surface area contributed by atoms with Gasteiger partial charge in [0, 0.05) is 41.2 Å². The van der Waals surface area contributed by atoms with Crippen LogP contribution in [0.3, 0.4) is 0 Å². The summed E-state index contributed by atoms with van der Waals surface area (Å²) in [4.78, 5) is 19.9. The quantitative estimate of drug-likeness (QED) is 0.443. The van der Waals surface area contributed by atoms with E-state index in [-0.39, 0.29) is 5.91 Å². The summed E-state index contributed by atoms with van der Waals surface area (Å²) in [6.07, 6.45) is 4.37. The first kappa shape index (κ1) is 18.6. The van der Waals surface area contributed by atoms with Gasteiger partial charge in [-0.2, -0.15) is 0 Å². The minimum atomic E-state index is -0.191. The molecule has 1 amide bonds. The number of aromatic nitrogens is 2. The molecule has 0 aliphatic heterocycles. The Morgan fingerprint density at radius 2 is 1.90 bits per heavy atom. The third-order valence-corrected chi connectivity index (χ3v) is 4.73. The third-order valence-electron chi connectivity index (χ3n) is 4.73. The monoisotopic (exact) mass is 386 g/mol. The van der Waals surface area contributed by atoms with Crippen LogP contribution < -0.4 is 15.4 Å². The first-order valence-electron chi connectivity index (χ1n) is 9.43. The molecular weight excluding hydrogens is 364 g/mol. The van der Waals surface area contributed by atoms with E-state index in [0.29, 0.717) is 12.2 Å². The molecule has 4 aromatic rings. The average molecular weight is 386 g/mol. The fourth-order valence-corrected chi connectivity index (χ4v) is 3.21. The summed E-state index contributed by atoms with van der Waals surface area (Å²) in [6.45, 7) is 0.540. The highest BCUT2D eigenvalue weighted by atomic mass is 16.5. The topological polar surface area (TPSA) is 79.0 Å². The number of hydrogen-bond donors (Lipinski definition) is 3. The number of aromatic amines is 1. The minimum Gasteiger partial charge on any atom is -0.497 e. The van der Waals surface area contributed by atoms with Gasteiger partial charge < -0.3 is 20.4 Å². The number of anilines is 2. The standard InChI is InChI=1S/C23H22N4O2/c1-29-19-8-6-17(7-9-19)27-18-11-13-24-22(14-18)23(28)25-12-10-16-15-26-21-5-3-2-4-20(16)21/h2-9,11,13-15,26H,10,12H2,1H3,(H,24,27)(H,25,28). The number of benzene rings is 2. The first-order chi connectivity index (χ1) is 14.2. The Bertz CT molecular complexity index is 1120. The van der Waals surface area contributed by atoms with Gasteiger partial charge >= 0.3 is 0 Å². The summed E-state index contributed by atoms with van der Waals surface area (Å²) >= 11 is 0. The number of fused-ring (bicyclic) bond motifs is 1. The molecule has 29 heavy (non-hydrogen) atoms. The largest absolute Gasteiger partial charge is 0.497 e. The maximum Gasteiger partial charge on any atom is 0.269 e. The van der Waals surface area contributed by atoms with Crippen LogP contribution in [0.4, 0.5) is 11.4 Å². The molecular formula is C23H22N4O2. The molecule has 0 spiro atoms. The van der Waals surface area contributed by atoms with Crippen molar-refractivity contribution in [2.45, 2.75) is 6.42 Å². The van der Waals surface area contributed by atoms with Crippen molar-refractivity contribution >= 4 is 28.2 Å². The first-order valence-corrected chi connectivity index (χ1v) is 9.43. The number of H-pyrrole nitrogens is 1. The molecule has 0 atom stereocenters. The zero-order chi connectivity index (χ0) is 20.1. The number of rotatable bonds is 7. The molecule has 2 heterocycles. The second-order valence-electron chi connectivity index (χ2n) is 6.65. The summed E-state index contributed by atoms with van der Waals surface area (Å²) in [6, 6.07) is 19.3. The van der Waals surface area contributed by atoms with Gasteiger partial charge in [0.15, 0.2) is 0 Å². The van der Waals surface area contributed by atoms with E-state index in [1.165, 1.54) is 10.9 Å². The molecule has 2 aromatic heterocycles. The summed E-state index contributed by atoms with van der Waals surface area (Å²) in [5.74, 6) is 0.601. The normalized spacial score (nSPS) is 10.7. The number of ether oxygens (including phenoxy) is 1. The Morgan fingerprint density at radius 3 is 2.72 bits per heavy atom. The number of carbonyl (C=O) groups excluding carboxylic acids is 1. The number of amides is 1. The lowest BCUT2D eigenvalue weighted by atomic mass is 10.1. The van der Waals surface area contributed by atoms with E-state index < -0.39 is 0 Å². The van der Waals surface area contributed by atoms with Crippen LogP contribution in [0.25, 0.3) is 10.9 Å². The lowest BCUT2D eigenvalue weighted by molar-refractivity contribution is 0.0949. The van der Waals surface area contributed by atoms with E-state index in [1.54, 1.807) is 19.4 Å². The molecule has 0 saturated heterocycles. The predicted molar refractivity (Wildman–Crippen MR) is 115 cm³/mol. The van der Waals surface area contributed by atoms with Crippen LogP contribution in [0.2, 0.25) is 0 Å². The van der Waals surface area contributed by atoms with E-state index in [4.69, 9.17) is 4.74 Å². The molecule has 0 radical (unpaired) electrons. The van der Waals surface area contributed by atoms with Gasteiger partial charge in [0.05, 0.1) is 7.11 Å². The van der Waals surface area contributed by atoms with Crippen LogP contribution in [0.1, 0.15) is 16.1 Å². The van der Waals surface area contributed by atoms with Crippen LogP contribution >= 0.6 is 0 Å². The number of para-hydroxylation sites is 1. The number of pyridine rings is 1. The van der Waals surface area contributed by atoms with E-state index in [9.17, 15) is 4.79 Å². The second-order valence-corrected chi connectivity index (χ2v) is 6.65. The zero-order valence-electron chi connectivity index (χ0n) is 16.1. The van der Waals surface area contributed by atoms with Crippen LogP contribution in [0.15, 0.2) is 73.1 Å². The van der Waals surface area contributed by atoms with Crippen LogP contribution in [-0.4, -0.2) is 29.5 Å². The number of hydrogen-bond acceptors (Lipinski definition) is 4. The Kier molecular flexibility index (Phi) is 5.42. The van der Waals surface area contributed by atoms with Gasteiger partial charge in [-0.3, -0.25) is 9.78 Å². The second kappa shape index (κ2) is 8.48. The molecule has 6 nitrogen and oxygen atoms in total. The predicted octanol–water partition coefficient (Wildman–Crippen LogP) is 4.29. The summed E-state index contributed by atoms with van der Waals surface area (Å²) < 4.78 is 5.17. The Balaban J connectivity index is 1.36. The van der Waals surface area contributed by atoms with Gasteiger partial charge in [-0.25, -0.2) is 0 Å². The van der Waals surface area contributed by atoms with Crippen molar-refractivity contribution in [3.05, 3.63) is 84.3 Å². The van der Waals surface area contributed by atoms with Gasteiger partial charge in [0.1, 0.15) is 11.4 Å². The SMILES string of the molecule is COc1ccc(Nc2ccnc(C(=O)NCCc3c[nH]c4ccccc34)c2)cc1. The number of methoxy groups -OCH3 is 1. The number of nitrogens with zero attached hydrogens (tertiary/aromatic N) is 1. The van der Waals surface area contributed by atoms with E-state index in [1.807, 2.05) is 54.7 Å². The lowest BCUT2D eigenvalue weighted by Crippen LogP contribution is -2.26. The van der Waals surface area contributed by atoms with Crippen LogP contribution in [0, 0.1) is 0 Å². The molecule has 6 heteroatoms. The molecule has 0 bridgehead atoms. The van der Waals surface area contributed by atoms with Crippen LogP contribution in [-0.2, 0) is 6.42 Å². The van der Waals surface area contributed by atoms with Gasteiger partial charge in [0.2, 0.25) is 0 Å². The molecule has 3 N–H and O–H groups in total. The van der Waals surface area contributed by atoms with Crippen molar-refractivity contribution in [2.24, 2.45) is 0 Å². The van der Waals surface area contributed by atoms with E-state index in [0.717, 1.165) is 29.1 Å². The average Bonchev–Trinajstić information content (AvgIpc) is 3.18. The fourth-order valence-electron chi connectivity index (χ4n) is 3.21. The molecule has 0 unspecified atom stereocenters. The lowest BCUT2D eigenvalue weighted by Gasteiger charge is -2.09. The number of carbonyl (C=O) groups is 1. The molecule has 2 aromatic carbocycles. The molecule has 0 aliphatic carbocycles. The smallest absolute Gasteiger partial charge is 0.269 e. The Morgan fingerprint density at radius 1 is 1.07 bits per heavy atom. The molecule has 0 aliphatic rings. The van der Waals surface area contributed by atoms with Gasteiger partial charge in [0.25, 0.3) is 5.91 Å². The van der Waals surface area contributed by atoms with E-state index in [2.05, 4.69) is 26.7 Å². The summed E-state index contributed by atoms with van der Waals surface area (Å²) in [7, 11) is 1.63. The highest BCUT2D eigenvalue weighted by molar-refractivity contribution is 5.93. The van der Waals surface area contributed by atoms with Gasteiger partial charge in [-0.05, 0) is 54.4 Å². The van der Waals surface area contributed by atoms with Gasteiger partial charge in [-0.15, -0.1) is 0 Å². The molecule has 0 fully saturated rings. The Hall–Kier alpha value is -3.80. The van der Waals surface area contributed by atoms with Crippen molar-refractivity contribution < 1.29 is 9.53 Å².